The van der Waals surface area contributed by atoms with Crippen LogP contribution in [0.3, 0.4) is 0 Å². The lowest BCUT2D eigenvalue weighted by molar-refractivity contribution is -0.0234. The van der Waals surface area contributed by atoms with E-state index in [-0.39, 0.29) is 4.88 Å². The van der Waals surface area contributed by atoms with Crippen LogP contribution in [-0.2, 0) is 5.92 Å². The molecule has 0 spiro atoms. The summed E-state index contributed by atoms with van der Waals surface area (Å²) in [5, 5.41) is 8.89. The summed E-state index contributed by atoms with van der Waals surface area (Å²) in [4.78, 5) is -0.102. The summed E-state index contributed by atoms with van der Waals surface area (Å²) in [6, 6.07) is 1.32. The highest BCUT2D eigenvalue weighted by molar-refractivity contribution is 9.10. The maximum atomic E-state index is 13.3. The molecular weight excluding hydrogens is 278 g/mol. The van der Waals surface area contributed by atoms with Gasteiger partial charge in [0.15, 0.2) is 5.06 Å². The molecule has 0 fully saturated rings. The van der Waals surface area contributed by atoms with Crippen molar-refractivity contribution >= 4 is 27.3 Å². The van der Waals surface area contributed by atoms with Crippen LogP contribution in [0.2, 0.25) is 0 Å². The summed E-state index contributed by atoms with van der Waals surface area (Å²) in [6.45, 7) is -0.537. The van der Waals surface area contributed by atoms with Crippen molar-refractivity contribution in [2.45, 2.75) is 12.3 Å². The van der Waals surface area contributed by atoms with Gasteiger partial charge in [0.1, 0.15) is 0 Å². The first kappa shape index (κ1) is 11.9. The summed E-state index contributed by atoms with van der Waals surface area (Å²) < 4.78 is 31.9. The number of aliphatic hydroxyl groups excluding tert-OH is 1. The molecule has 0 aromatic carbocycles. The monoisotopic (exact) mass is 286 g/mol. The number of alkyl halides is 2. The largest absolute Gasteiger partial charge is 0.486 e. The molecule has 0 aliphatic heterocycles. The minimum absolute atomic E-state index is 0.102. The molecule has 0 amide bonds. The lowest BCUT2D eigenvalue weighted by atomic mass is 10.2. The molecule has 0 atom stereocenters. The SMILES string of the molecule is COc1sc(C(F)(F)CCO)cc1Br. The molecule has 0 radical (unpaired) electrons. The zero-order chi connectivity index (χ0) is 10.8. The Hall–Kier alpha value is -0.200. The highest BCUT2D eigenvalue weighted by Gasteiger charge is 2.33. The summed E-state index contributed by atoms with van der Waals surface area (Å²) >= 11 is 3.99. The molecule has 1 N–H and O–H groups in total. The molecule has 1 rings (SSSR count). The molecule has 1 aromatic heterocycles. The summed E-state index contributed by atoms with van der Waals surface area (Å²) in [5.41, 5.74) is 0. The van der Waals surface area contributed by atoms with Gasteiger partial charge in [0.25, 0.3) is 5.92 Å². The molecule has 6 heteroatoms. The Kier molecular flexibility index (Phi) is 3.86. The van der Waals surface area contributed by atoms with Gasteiger partial charge >= 0.3 is 0 Å². The van der Waals surface area contributed by atoms with Crippen LogP contribution in [0.1, 0.15) is 11.3 Å². The third-order valence-corrected chi connectivity index (χ3v) is 3.69. The van der Waals surface area contributed by atoms with E-state index < -0.39 is 19.0 Å². The second-order valence-corrected chi connectivity index (χ2v) is 4.50. The van der Waals surface area contributed by atoms with Crippen molar-refractivity contribution in [2.75, 3.05) is 13.7 Å². The van der Waals surface area contributed by atoms with Crippen molar-refractivity contribution in [3.8, 4) is 5.06 Å². The molecule has 2 nitrogen and oxygen atoms in total. The quantitative estimate of drug-likeness (QED) is 0.922. The van der Waals surface area contributed by atoms with Crippen LogP contribution in [0, 0.1) is 0 Å². The number of hydrogen-bond donors (Lipinski definition) is 1. The Labute approximate surface area is 92.6 Å². The van der Waals surface area contributed by atoms with E-state index >= 15 is 0 Å². The van der Waals surface area contributed by atoms with Gasteiger partial charge in [-0.05, 0) is 22.0 Å². The number of halogens is 3. The summed E-state index contributed by atoms with van der Waals surface area (Å²) in [6.07, 6.45) is -0.566. The van der Waals surface area contributed by atoms with Crippen LogP contribution in [0.4, 0.5) is 8.78 Å². The zero-order valence-electron chi connectivity index (χ0n) is 7.39. The number of methoxy groups -OCH3 is 1. The maximum absolute atomic E-state index is 13.3. The molecule has 80 valence electrons. The van der Waals surface area contributed by atoms with E-state index in [0.29, 0.717) is 9.54 Å². The van der Waals surface area contributed by atoms with Gasteiger partial charge in [-0.2, -0.15) is 0 Å². The van der Waals surface area contributed by atoms with Gasteiger partial charge in [0.2, 0.25) is 0 Å². The van der Waals surface area contributed by atoms with Gasteiger partial charge in [-0.3, -0.25) is 0 Å². The van der Waals surface area contributed by atoms with Crippen molar-refractivity contribution in [3.05, 3.63) is 15.4 Å². The highest BCUT2D eigenvalue weighted by Crippen LogP contribution is 2.43. The third kappa shape index (κ3) is 2.43. The highest BCUT2D eigenvalue weighted by atomic mass is 79.9. The normalized spacial score (nSPS) is 11.8. The zero-order valence-corrected chi connectivity index (χ0v) is 9.79. The van der Waals surface area contributed by atoms with Gasteiger partial charge in [-0.15, -0.1) is 0 Å². The number of rotatable bonds is 4. The summed E-state index contributed by atoms with van der Waals surface area (Å²) in [5.74, 6) is -2.99. The van der Waals surface area contributed by atoms with Gasteiger partial charge < -0.3 is 9.84 Å². The van der Waals surface area contributed by atoms with Crippen molar-refractivity contribution in [2.24, 2.45) is 0 Å². The van der Waals surface area contributed by atoms with E-state index in [1.807, 2.05) is 0 Å². The fourth-order valence-electron chi connectivity index (χ4n) is 0.935. The lowest BCUT2D eigenvalue weighted by Gasteiger charge is -2.11. The van der Waals surface area contributed by atoms with Crippen molar-refractivity contribution < 1.29 is 18.6 Å². The van der Waals surface area contributed by atoms with Gasteiger partial charge in [-0.25, -0.2) is 8.78 Å². The molecule has 1 aromatic rings. The van der Waals surface area contributed by atoms with E-state index in [1.165, 1.54) is 13.2 Å². The topological polar surface area (TPSA) is 29.5 Å². The molecule has 0 aliphatic carbocycles. The van der Waals surface area contributed by atoms with Crippen molar-refractivity contribution in [1.29, 1.82) is 0 Å². The van der Waals surface area contributed by atoms with Crippen LogP contribution in [-0.4, -0.2) is 18.8 Å². The molecule has 14 heavy (non-hydrogen) atoms. The Morgan fingerprint density at radius 1 is 1.64 bits per heavy atom. The molecule has 1 heterocycles. The fraction of sp³-hybridized carbons (Fsp3) is 0.500. The number of ether oxygens (including phenoxy) is 1. The van der Waals surface area contributed by atoms with Gasteiger partial charge in [0, 0.05) is 13.0 Å². The van der Waals surface area contributed by atoms with E-state index in [0.717, 1.165) is 11.3 Å². The molecule has 0 saturated heterocycles. The smallest absolute Gasteiger partial charge is 0.284 e. The number of thiophene rings is 1. The van der Waals surface area contributed by atoms with E-state index in [9.17, 15) is 8.78 Å². The van der Waals surface area contributed by atoms with Crippen LogP contribution < -0.4 is 4.74 Å². The third-order valence-electron chi connectivity index (χ3n) is 1.63. The predicted octanol–water partition coefficient (Wildman–Crippen LogP) is 2.99. The lowest BCUT2D eigenvalue weighted by Crippen LogP contribution is -2.13. The van der Waals surface area contributed by atoms with E-state index in [2.05, 4.69) is 15.9 Å². The molecule has 0 bridgehead atoms. The van der Waals surface area contributed by atoms with Crippen LogP contribution in [0.5, 0.6) is 5.06 Å². The second-order valence-electron chi connectivity index (χ2n) is 2.63. The first-order valence-corrected chi connectivity index (χ1v) is 5.44. The average Bonchev–Trinajstić information content (AvgIpc) is 2.47. The second kappa shape index (κ2) is 4.55. The van der Waals surface area contributed by atoms with Crippen LogP contribution in [0.15, 0.2) is 10.5 Å². The average molecular weight is 287 g/mol. The molecule has 0 unspecified atom stereocenters. The number of aliphatic hydroxyl groups is 1. The van der Waals surface area contributed by atoms with Crippen molar-refractivity contribution in [3.63, 3.8) is 0 Å². The maximum Gasteiger partial charge on any atom is 0.284 e. The predicted molar refractivity (Wildman–Crippen MR) is 54.2 cm³/mol. The van der Waals surface area contributed by atoms with Crippen molar-refractivity contribution in [1.82, 2.24) is 0 Å². The molecular formula is C8H9BrF2O2S. The first-order chi connectivity index (χ1) is 6.51. The van der Waals surface area contributed by atoms with E-state index in [4.69, 9.17) is 9.84 Å². The summed E-state index contributed by atoms with van der Waals surface area (Å²) in [7, 11) is 1.42. The Morgan fingerprint density at radius 2 is 2.29 bits per heavy atom. The fourth-order valence-corrected chi connectivity index (χ4v) is 2.59. The van der Waals surface area contributed by atoms with Gasteiger partial charge in [0.05, 0.1) is 16.5 Å². The Bertz CT molecular complexity index is 314. The van der Waals surface area contributed by atoms with E-state index in [1.54, 1.807) is 0 Å². The van der Waals surface area contributed by atoms with Gasteiger partial charge in [-0.1, -0.05) is 11.3 Å². The minimum Gasteiger partial charge on any atom is -0.486 e. The first-order valence-electron chi connectivity index (χ1n) is 3.83. The molecule has 0 aliphatic rings. The van der Waals surface area contributed by atoms with Crippen LogP contribution >= 0.6 is 27.3 Å². The minimum atomic E-state index is -2.99. The number of hydrogen-bond acceptors (Lipinski definition) is 3. The molecule has 0 saturated carbocycles. The Balaban J connectivity index is 2.95. The standard InChI is InChI=1S/C8H9BrF2O2S/c1-13-7-5(9)4-6(14-7)8(10,11)2-3-12/h4,12H,2-3H2,1H3. The Morgan fingerprint density at radius 3 is 2.71 bits per heavy atom. The van der Waals surface area contributed by atoms with Crippen LogP contribution in [0.25, 0.3) is 0 Å².